The lowest BCUT2D eigenvalue weighted by molar-refractivity contribution is -0.149. The van der Waals surface area contributed by atoms with Crippen molar-refractivity contribution in [1.82, 2.24) is 19.7 Å². The van der Waals surface area contributed by atoms with E-state index in [-0.39, 0.29) is 35.6 Å². The Labute approximate surface area is 166 Å². The van der Waals surface area contributed by atoms with Crippen LogP contribution in [0.5, 0.6) is 5.75 Å². The molecule has 1 aliphatic carbocycles. The Bertz CT molecular complexity index is 1080. The van der Waals surface area contributed by atoms with Crippen LogP contribution in [0.15, 0.2) is 24.5 Å². The normalized spacial score (nSPS) is 18.7. The zero-order valence-corrected chi connectivity index (χ0v) is 16.4. The summed E-state index contributed by atoms with van der Waals surface area (Å²) in [5.41, 5.74) is 7.70. The van der Waals surface area contributed by atoms with E-state index in [0.29, 0.717) is 35.1 Å². The van der Waals surface area contributed by atoms with Gasteiger partial charge in [0.05, 0.1) is 30.6 Å². The standard InChI is InChI=1S/C20H22FN5O3/c1-10(2)29-15-5-4-11(8-14(15)21)17-16-18(22)23-9-24-19(16)26(25-17)13-6-12(7-13)20(27)28-3/h4-5,8-10,12-13H,6-7H2,1-3H3,(H2,22,23,24). The predicted molar refractivity (Wildman–Crippen MR) is 105 cm³/mol. The molecule has 152 valence electrons. The number of methoxy groups -OCH3 is 1. The molecule has 3 aromatic rings. The Morgan fingerprint density at radius 2 is 2.07 bits per heavy atom. The highest BCUT2D eigenvalue weighted by Gasteiger charge is 2.38. The van der Waals surface area contributed by atoms with Crippen LogP contribution in [0.3, 0.4) is 0 Å². The molecule has 1 fully saturated rings. The number of nitrogen functional groups attached to an aromatic ring is 1. The molecule has 9 heteroatoms. The van der Waals surface area contributed by atoms with Gasteiger partial charge in [-0.3, -0.25) is 4.79 Å². The van der Waals surface area contributed by atoms with Gasteiger partial charge in [-0.25, -0.2) is 19.0 Å². The molecule has 0 atom stereocenters. The Kier molecular flexibility index (Phi) is 4.81. The van der Waals surface area contributed by atoms with E-state index in [9.17, 15) is 9.18 Å². The Morgan fingerprint density at radius 1 is 1.31 bits per heavy atom. The van der Waals surface area contributed by atoms with E-state index in [4.69, 9.17) is 15.2 Å². The highest BCUT2D eigenvalue weighted by molar-refractivity contribution is 5.98. The second-order valence-corrected chi connectivity index (χ2v) is 7.41. The Balaban J connectivity index is 1.74. The van der Waals surface area contributed by atoms with Crippen LogP contribution in [-0.4, -0.2) is 38.9 Å². The number of anilines is 1. The highest BCUT2D eigenvalue weighted by Crippen LogP contribution is 2.42. The largest absolute Gasteiger partial charge is 0.488 e. The van der Waals surface area contributed by atoms with Crippen molar-refractivity contribution in [2.75, 3.05) is 12.8 Å². The van der Waals surface area contributed by atoms with Crippen LogP contribution in [0.2, 0.25) is 0 Å². The summed E-state index contributed by atoms with van der Waals surface area (Å²) in [5, 5.41) is 5.23. The monoisotopic (exact) mass is 399 g/mol. The van der Waals surface area contributed by atoms with Gasteiger partial charge < -0.3 is 15.2 Å². The third kappa shape index (κ3) is 3.37. The number of ether oxygens (including phenoxy) is 2. The van der Waals surface area contributed by atoms with Gasteiger partial charge >= 0.3 is 5.97 Å². The van der Waals surface area contributed by atoms with Gasteiger partial charge in [0.25, 0.3) is 0 Å². The summed E-state index contributed by atoms with van der Waals surface area (Å²) < 4.78 is 26.6. The summed E-state index contributed by atoms with van der Waals surface area (Å²) in [6.45, 7) is 3.67. The molecular weight excluding hydrogens is 377 g/mol. The molecule has 1 aliphatic rings. The molecule has 0 aliphatic heterocycles. The van der Waals surface area contributed by atoms with Gasteiger partial charge in [-0.15, -0.1) is 0 Å². The van der Waals surface area contributed by atoms with Crippen molar-refractivity contribution in [2.45, 2.75) is 38.8 Å². The molecule has 1 aromatic carbocycles. The summed E-state index contributed by atoms with van der Waals surface area (Å²) in [6, 6.07) is 4.66. The zero-order chi connectivity index (χ0) is 20.7. The number of hydrogen-bond acceptors (Lipinski definition) is 7. The number of nitrogens with two attached hydrogens (primary N) is 1. The number of benzene rings is 1. The number of rotatable bonds is 5. The second kappa shape index (κ2) is 7.31. The average molecular weight is 399 g/mol. The van der Waals surface area contributed by atoms with Gasteiger partial charge in [0.2, 0.25) is 0 Å². The number of carbonyl (C=O) groups is 1. The van der Waals surface area contributed by atoms with Crippen LogP contribution in [-0.2, 0) is 9.53 Å². The van der Waals surface area contributed by atoms with Crippen molar-refractivity contribution in [3.05, 3.63) is 30.3 Å². The van der Waals surface area contributed by atoms with Crippen LogP contribution < -0.4 is 10.5 Å². The predicted octanol–water partition coefficient (Wildman–Crippen LogP) is 3.13. The molecule has 0 saturated heterocycles. The molecule has 0 bridgehead atoms. The molecule has 0 spiro atoms. The molecule has 0 unspecified atom stereocenters. The molecule has 2 aromatic heterocycles. The number of esters is 1. The number of halogens is 1. The second-order valence-electron chi connectivity index (χ2n) is 7.41. The fraction of sp³-hybridized carbons (Fsp3) is 0.400. The summed E-state index contributed by atoms with van der Waals surface area (Å²) in [7, 11) is 1.38. The lowest BCUT2D eigenvalue weighted by atomic mass is 9.80. The first kappa shape index (κ1) is 19.1. The van der Waals surface area contributed by atoms with Crippen LogP contribution in [0.4, 0.5) is 10.2 Å². The number of aromatic nitrogens is 4. The van der Waals surface area contributed by atoms with Crippen molar-refractivity contribution in [1.29, 1.82) is 0 Å². The minimum absolute atomic E-state index is 0.0157. The van der Waals surface area contributed by atoms with E-state index in [1.54, 1.807) is 16.8 Å². The highest BCUT2D eigenvalue weighted by atomic mass is 19.1. The van der Waals surface area contributed by atoms with E-state index < -0.39 is 5.82 Å². The van der Waals surface area contributed by atoms with E-state index in [2.05, 4.69) is 15.1 Å². The Hall–Kier alpha value is -3.23. The summed E-state index contributed by atoms with van der Waals surface area (Å²) in [4.78, 5) is 20.1. The van der Waals surface area contributed by atoms with Crippen LogP contribution in [0.1, 0.15) is 32.7 Å². The number of nitrogens with zero attached hydrogens (tertiary/aromatic N) is 4. The molecule has 1 saturated carbocycles. The third-order valence-corrected chi connectivity index (χ3v) is 5.08. The van der Waals surface area contributed by atoms with E-state index >= 15 is 0 Å². The fourth-order valence-electron chi connectivity index (χ4n) is 3.60. The molecule has 2 heterocycles. The van der Waals surface area contributed by atoms with E-state index in [0.717, 1.165) is 0 Å². The van der Waals surface area contributed by atoms with Crippen molar-refractivity contribution in [3.63, 3.8) is 0 Å². The number of hydrogen-bond donors (Lipinski definition) is 1. The van der Waals surface area contributed by atoms with E-state index in [1.807, 2.05) is 13.8 Å². The molecule has 0 radical (unpaired) electrons. The maximum atomic E-state index is 14.5. The van der Waals surface area contributed by atoms with Crippen molar-refractivity contribution in [3.8, 4) is 17.0 Å². The van der Waals surface area contributed by atoms with Gasteiger partial charge in [-0.2, -0.15) is 5.10 Å². The minimum Gasteiger partial charge on any atom is -0.488 e. The molecule has 29 heavy (non-hydrogen) atoms. The van der Waals surface area contributed by atoms with Crippen molar-refractivity contribution >= 4 is 22.8 Å². The molecule has 0 amide bonds. The third-order valence-electron chi connectivity index (χ3n) is 5.08. The molecular formula is C20H22FN5O3. The first-order valence-electron chi connectivity index (χ1n) is 9.42. The van der Waals surface area contributed by atoms with Gasteiger partial charge in [-0.05, 0) is 44.9 Å². The van der Waals surface area contributed by atoms with Crippen LogP contribution >= 0.6 is 0 Å². The molecule has 4 rings (SSSR count). The van der Waals surface area contributed by atoms with Crippen molar-refractivity contribution < 1.29 is 18.7 Å². The number of fused-ring (bicyclic) bond motifs is 1. The summed E-state index contributed by atoms with van der Waals surface area (Å²) in [6.07, 6.45) is 2.43. The lowest BCUT2D eigenvalue weighted by Gasteiger charge is -2.33. The van der Waals surface area contributed by atoms with Crippen molar-refractivity contribution in [2.24, 2.45) is 5.92 Å². The topological polar surface area (TPSA) is 105 Å². The van der Waals surface area contributed by atoms with E-state index in [1.165, 1.54) is 19.5 Å². The molecule has 8 nitrogen and oxygen atoms in total. The average Bonchev–Trinajstić information content (AvgIpc) is 3.02. The van der Waals surface area contributed by atoms with Gasteiger partial charge in [0.1, 0.15) is 17.8 Å². The first-order valence-corrected chi connectivity index (χ1v) is 9.42. The minimum atomic E-state index is -0.483. The van der Waals surface area contributed by atoms with Crippen LogP contribution in [0, 0.1) is 11.7 Å². The lowest BCUT2D eigenvalue weighted by Crippen LogP contribution is -2.33. The van der Waals surface area contributed by atoms with Gasteiger partial charge in [-0.1, -0.05) is 0 Å². The first-order chi connectivity index (χ1) is 13.9. The molecule has 2 N–H and O–H groups in total. The summed E-state index contributed by atoms with van der Waals surface area (Å²) >= 11 is 0. The maximum Gasteiger partial charge on any atom is 0.308 e. The Morgan fingerprint density at radius 3 is 2.72 bits per heavy atom. The zero-order valence-electron chi connectivity index (χ0n) is 16.4. The maximum absolute atomic E-state index is 14.5. The number of carbonyl (C=O) groups excluding carboxylic acids is 1. The smallest absolute Gasteiger partial charge is 0.308 e. The van der Waals surface area contributed by atoms with Gasteiger partial charge in [0.15, 0.2) is 17.2 Å². The fourth-order valence-corrected chi connectivity index (χ4v) is 3.60. The summed E-state index contributed by atoms with van der Waals surface area (Å²) in [5.74, 6) is -0.421. The van der Waals surface area contributed by atoms with Gasteiger partial charge in [0, 0.05) is 5.56 Å². The SMILES string of the molecule is COC(=O)C1CC(n2nc(-c3ccc(OC(C)C)c(F)c3)c3c(N)ncnc32)C1. The quantitative estimate of drug-likeness (QED) is 0.657. The van der Waals surface area contributed by atoms with Crippen LogP contribution in [0.25, 0.3) is 22.3 Å².